The first kappa shape index (κ1) is 22.9. The molecule has 10 nitrogen and oxygen atoms in total. The molecule has 0 amide bonds. The number of hydrogen-bond donors (Lipinski definition) is 6. The Balaban J connectivity index is 1.82. The zero-order chi connectivity index (χ0) is 23.3. The zero-order valence-electron chi connectivity index (χ0n) is 17.5. The van der Waals surface area contributed by atoms with Gasteiger partial charge in [0.2, 0.25) is 6.29 Å². The number of carbonyl (C=O) groups is 1. The highest BCUT2D eigenvalue weighted by molar-refractivity contribution is 6.10. The van der Waals surface area contributed by atoms with Crippen LogP contribution in [0.4, 0.5) is 0 Å². The molecule has 7 unspecified atom stereocenters. The Morgan fingerprint density at radius 1 is 1.09 bits per heavy atom. The zero-order valence-corrected chi connectivity index (χ0v) is 17.5. The van der Waals surface area contributed by atoms with Crippen LogP contribution in [-0.2, 0) is 9.47 Å². The number of aliphatic hydroxyl groups is 5. The lowest BCUT2D eigenvalue weighted by atomic mass is 9.83. The molecule has 1 fully saturated rings. The van der Waals surface area contributed by atoms with Crippen LogP contribution in [0.15, 0.2) is 18.2 Å². The van der Waals surface area contributed by atoms with Gasteiger partial charge in [-0.2, -0.15) is 0 Å². The van der Waals surface area contributed by atoms with Crippen LogP contribution in [0.2, 0.25) is 0 Å². The second-order valence-electron chi connectivity index (χ2n) is 8.21. The molecule has 1 heterocycles. The SMILES string of the molecule is COC1CC(O)c2cc3cc(C)cc(OC4OC(CO)C(O)C(O)C4O)c3c(O)c2C1=O. The maximum atomic E-state index is 12.8. The molecule has 7 atom stereocenters. The van der Waals surface area contributed by atoms with E-state index in [0.717, 1.165) is 0 Å². The van der Waals surface area contributed by atoms with Gasteiger partial charge in [0.25, 0.3) is 0 Å². The smallest absolute Gasteiger partial charge is 0.229 e. The van der Waals surface area contributed by atoms with Crippen molar-refractivity contribution in [2.24, 2.45) is 0 Å². The molecule has 174 valence electrons. The highest BCUT2D eigenvalue weighted by Gasteiger charge is 2.45. The number of carbonyl (C=O) groups excluding carboxylic acids is 1. The van der Waals surface area contributed by atoms with Crippen LogP contribution in [0.1, 0.15) is 34.0 Å². The summed E-state index contributed by atoms with van der Waals surface area (Å²) in [6.45, 7) is 1.14. The second kappa shape index (κ2) is 8.56. The van der Waals surface area contributed by atoms with Gasteiger partial charge in [0.1, 0.15) is 42.0 Å². The molecule has 0 saturated carbocycles. The van der Waals surface area contributed by atoms with Crippen molar-refractivity contribution in [3.05, 3.63) is 34.9 Å². The molecule has 4 rings (SSSR count). The summed E-state index contributed by atoms with van der Waals surface area (Å²) < 4.78 is 16.3. The number of phenolic OH excluding ortho intramolecular Hbond substituents is 1. The summed E-state index contributed by atoms with van der Waals surface area (Å²) in [4.78, 5) is 12.8. The Morgan fingerprint density at radius 2 is 1.81 bits per heavy atom. The fraction of sp³-hybridized carbons (Fsp3) is 0.500. The fourth-order valence-corrected chi connectivity index (χ4v) is 4.35. The monoisotopic (exact) mass is 450 g/mol. The van der Waals surface area contributed by atoms with E-state index in [1.807, 2.05) is 0 Å². The summed E-state index contributed by atoms with van der Waals surface area (Å²) >= 11 is 0. The van der Waals surface area contributed by atoms with Crippen molar-refractivity contribution < 1.29 is 49.6 Å². The third-order valence-corrected chi connectivity index (χ3v) is 6.06. The standard InChI is InChI=1S/C22H26O10/c1-8-3-9-5-10-11(24)6-13(30-2)17(25)16(10)19(27)15(9)12(4-8)31-22-21(29)20(28)18(26)14(7-23)32-22/h3-5,11,13-14,18,20-24,26-29H,6-7H2,1-2H3. The molecule has 0 aromatic heterocycles. The number of hydrogen-bond acceptors (Lipinski definition) is 10. The molecule has 10 heteroatoms. The van der Waals surface area contributed by atoms with E-state index in [1.165, 1.54) is 7.11 Å². The average Bonchev–Trinajstić information content (AvgIpc) is 2.75. The maximum Gasteiger partial charge on any atom is 0.229 e. The summed E-state index contributed by atoms with van der Waals surface area (Å²) in [7, 11) is 1.34. The van der Waals surface area contributed by atoms with Crippen molar-refractivity contribution in [3.63, 3.8) is 0 Å². The van der Waals surface area contributed by atoms with Crippen molar-refractivity contribution in [2.75, 3.05) is 13.7 Å². The summed E-state index contributed by atoms with van der Waals surface area (Å²) in [5.41, 5.74) is 0.908. The van der Waals surface area contributed by atoms with E-state index in [0.29, 0.717) is 10.9 Å². The average molecular weight is 450 g/mol. The number of fused-ring (bicyclic) bond motifs is 2. The van der Waals surface area contributed by atoms with Gasteiger partial charge in [-0.05, 0) is 35.6 Å². The van der Waals surface area contributed by atoms with Gasteiger partial charge in [-0.3, -0.25) is 4.79 Å². The number of aromatic hydroxyl groups is 1. The fourth-order valence-electron chi connectivity index (χ4n) is 4.35. The van der Waals surface area contributed by atoms with Gasteiger partial charge in [-0.1, -0.05) is 6.07 Å². The van der Waals surface area contributed by atoms with Gasteiger partial charge in [0.05, 0.1) is 23.7 Å². The molecule has 0 bridgehead atoms. The lowest BCUT2D eigenvalue weighted by Crippen LogP contribution is -2.60. The minimum Gasteiger partial charge on any atom is -0.506 e. The molecule has 0 radical (unpaired) electrons. The summed E-state index contributed by atoms with van der Waals surface area (Å²) in [5, 5.41) is 61.9. The quantitative estimate of drug-likeness (QED) is 0.363. The number of phenols is 1. The Hall–Kier alpha value is -2.31. The Morgan fingerprint density at radius 3 is 2.47 bits per heavy atom. The number of aryl methyl sites for hydroxylation is 1. The molecule has 2 aromatic carbocycles. The number of ether oxygens (including phenoxy) is 3. The molecule has 2 aliphatic rings. The normalized spacial score (nSPS) is 32.7. The van der Waals surface area contributed by atoms with E-state index < -0.39 is 61.1 Å². The number of rotatable bonds is 4. The van der Waals surface area contributed by atoms with Gasteiger partial charge >= 0.3 is 0 Å². The van der Waals surface area contributed by atoms with Crippen molar-refractivity contribution in [1.82, 2.24) is 0 Å². The lowest BCUT2D eigenvalue weighted by Gasteiger charge is -2.39. The van der Waals surface area contributed by atoms with E-state index in [1.54, 1.807) is 25.1 Å². The third kappa shape index (κ3) is 3.63. The highest BCUT2D eigenvalue weighted by atomic mass is 16.7. The van der Waals surface area contributed by atoms with E-state index in [-0.39, 0.29) is 28.7 Å². The van der Waals surface area contributed by atoms with E-state index in [4.69, 9.17) is 14.2 Å². The lowest BCUT2D eigenvalue weighted by molar-refractivity contribution is -0.277. The van der Waals surface area contributed by atoms with Crippen molar-refractivity contribution >= 4 is 16.6 Å². The van der Waals surface area contributed by atoms with Gasteiger partial charge in [-0.25, -0.2) is 0 Å². The van der Waals surface area contributed by atoms with Crippen LogP contribution in [0, 0.1) is 6.92 Å². The molecule has 2 aromatic rings. The van der Waals surface area contributed by atoms with Gasteiger partial charge in [0, 0.05) is 13.5 Å². The number of benzene rings is 2. The second-order valence-corrected chi connectivity index (χ2v) is 8.21. The van der Waals surface area contributed by atoms with E-state index >= 15 is 0 Å². The summed E-state index contributed by atoms with van der Waals surface area (Å²) in [6.07, 6.45) is -9.34. The largest absolute Gasteiger partial charge is 0.506 e. The Bertz CT molecular complexity index is 1040. The number of aliphatic hydroxyl groups excluding tert-OH is 5. The first-order chi connectivity index (χ1) is 15.2. The minimum absolute atomic E-state index is 0.0476. The number of methoxy groups -OCH3 is 1. The van der Waals surface area contributed by atoms with Crippen LogP contribution >= 0.6 is 0 Å². The molecule has 1 aliphatic carbocycles. The molecular formula is C22H26O10. The highest BCUT2D eigenvalue weighted by Crippen LogP contribution is 2.45. The maximum absolute atomic E-state index is 12.8. The first-order valence-electron chi connectivity index (χ1n) is 10.2. The van der Waals surface area contributed by atoms with Gasteiger partial charge in [-0.15, -0.1) is 0 Å². The molecule has 1 aliphatic heterocycles. The van der Waals surface area contributed by atoms with Crippen LogP contribution in [0.25, 0.3) is 10.8 Å². The van der Waals surface area contributed by atoms with Crippen LogP contribution in [0.3, 0.4) is 0 Å². The topological polar surface area (TPSA) is 166 Å². The van der Waals surface area contributed by atoms with Gasteiger partial charge < -0.3 is 44.8 Å². The van der Waals surface area contributed by atoms with E-state index in [9.17, 15) is 35.4 Å². The van der Waals surface area contributed by atoms with Crippen molar-refractivity contribution in [3.8, 4) is 11.5 Å². The van der Waals surface area contributed by atoms with Crippen molar-refractivity contribution in [2.45, 2.75) is 56.3 Å². The van der Waals surface area contributed by atoms with Crippen LogP contribution in [-0.4, -0.2) is 86.9 Å². The Labute approximate surface area is 183 Å². The molecule has 1 saturated heterocycles. The van der Waals surface area contributed by atoms with Crippen LogP contribution < -0.4 is 4.74 Å². The minimum atomic E-state index is -1.65. The predicted molar refractivity (Wildman–Crippen MR) is 109 cm³/mol. The molecule has 0 spiro atoms. The first-order valence-corrected chi connectivity index (χ1v) is 10.2. The number of Topliss-reactive ketones (excluding diaryl/α,β-unsaturated/α-hetero) is 1. The van der Waals surface area contributed by atoms with Crippen molar-refractivity contribution in [1.29, 1.82) is 0 Å². The van der Waals surface area contributed by atoms with E-state index in [2.05, 4.69) is 0 Å². The Kier molecular flexibility index (Phi) is 6.12. The number of ketones is 1. The summed E-state index contributed by atoms with van der Waals surface area (Å²) in [5.74, 6) is -0.846. The van der Waals surface area contributed by atoms with Gasteiger partial charge in [0.15, 0.2) is 5.78 Å². The molecule has 6 N–H and O–H groups in total. The summed E-state index contributed by atoms with van der Waals surface area (Å²) in [6, 6.07) is 4.87. The third-order valence-electron chi connectivity index (χ3n) is 6.06. The molecule has 32 heavy (non-hydrogen) atoms. The molecular weight excluding hydrogens is 424 g/mol. The van der Waals surface area contributed by atoms with Crippen LogP contribution in [0.5, 0.6) is 11.5 Å². The predicted octanol–water partition coefficient (Wildman–Crippen LogP) is -0.333.